The van der Waals surface area contributed by atoms with Gasteiger partial charge in [0.15, 0.2) is 0 Å². The average Bonchev–Trinajstić information content (AvgIpc) is 3.46. The van der Waals surface area contributed by atoms with Crippen LogP contribution in [0.15, 0.2) is 103 Å². The SMILES string of the molecule is CN(C)C/C=C/C(=O)Nc1ccc(C(=O)Nc2cc(N)cc(C/C=C/Cc3cccc(-c4ccn[nH]4)c3)c2)cc1. The van der Waals surface area contributed by atoms with Crippen LogP contribution in [0.25, 0.3) is 11.3 Å². The van der Waals surface area contributed by atoms with Gasteiger partial charge < -0.3 is 21.3 Å². The summed E-state index contributed by atoms with van der Waals surface area (Å²) in [5.41, 5.74) is 12.7. The van der Waals surface area contributed by atoms with Gasteiger partial charge in [-0.05, 0) is 98.2 Å². The number of aromatic amines is 1. The van der Waals surface area contributed by atoms with Crippen LogP contribution in [0.3, 0.4) is 0 Å². The van der Waals surface area contributed by atoms with Gasteiger partial charge in [0.2, 0.25) is 5.91 Å². The number of nitrogens with one attached hydrogen (secondary N) is 3. The first-order valence-electron chi connectivity index (χ1n) is 13.0. The molecule has 3 aromatic carbocycles. The molecule has 0 aliphatic carbocycles. The van der Waals surface area contributed by atoms with Crippen molar-refractivity contribution >= 4 is 28.9 Å². The quantitative estimate of drug-likeness (QED) is 0.118. The van der Waals surface area contributed by atoms with Crippen LogP contribution in [-0.4, -0.2) is 47.6 Å². The number of nitrogens with zero attached hydrogens (tertiary/aromatic N) is 2. The molecule has 40 heavy (non-hydrogen) atoms. The Morgan fingerprint density at radius 1 is 0.875 bits per heavy atom. The molecule has 2 amide bonds. The molecule has 0 unspecified atom stereocenters. The fourth-order valence-corrected chi connectivity index (χ4v) is 4.09. The predicted octanol–water partition coefficient (Wildman–Crippen LogP) is 5.31. The first-order chi connectivity index (χ1) is 19.4. The zero-order valence-corrected chi connectivity index (χ0v) is 22.7. The summed E-state index contributed by atoms with van der Waals surface area (Å²) in [5, 5.41) is 12.7. The molecule has 0 spiro atoms. The molecule has 1 heterocycles. The van der Waals surface area contributed by atoms with Crippen molar-refractivity contribution in [3.63, 3.8) is 0 Å². The molecule has 0 saturated carbocycles. The average molecular weight is 535 g/mol. The summed E-state index contributed by atoms with van der Waals surface area (Å²) in [6, 6.07) is 22.6. The van der Waals surface area contributed by atoms with Gasteiger partial charge in [0.25, 0.3) is 5.91 Å². The third-order valence-electron chi connectivity index (χ3n) is 6.04. The van der Waals surface area contributed by atoms with Crippen LogP contribution in [0.5, 0.6) is 0 Å². The van der Waals surface area contributed by atoms with Crippen LogP contribution in [0, 0.1) is 0 Å². The van der Waals surface area contributed by atoms with Gasteiger partial charge in [-0.2, -0.15) is 5.10 Å². The lowest BCUT2D eigenvalue weighted by Crippen LogP contribution is -2.14. The lowest BCUT2D eigenvalue weighted by atomic mass is 10.0. The first kappa shape index (κ1) is 28.1. The van der Waals surface area contributed by atoms with E-state index in [0.717, 1.165) is 23.2 Å². The number of carbonyl (C=O) groups excluding carboxylic acids is 2. The normalized spacial score (nSPS) is 11.4. The number of hydrogen-bond donors (Lipinski definition) is 4. The van der Waals surface area contributed by atoms with Gasteiger partial charge in [0.05, 0.1) is 5.69 Å². The van der Waals surface area contributed by atoms with Crippen molar-refractivity contribution in [3.8, 4) is 11.3 Å². The molecule has 5 N–H and O–H groups in total. The maximum absolute atomic E-state index is 12.8. The number of aromatic nitrogens is 2. The number of nitrogens with two attached hydrogens (primary N) is 1. The molecule has 0 radical (unpaired) electrons. The molecular formula is C32H34N6O2. The minimum atomic E-state index is -0.256. The maximum Gasteiger partial charge on any atom is 0.255 e. The van der Waals surface area contributed by atoms with Crippen LogP contribution in [0.4, 0.5) is 17.1 Å². The van der Waals surface area contributed by atoms with E-state index >= 15 is 0 Å². The topological polar surface area (TPSA) is 116 Å². The van der Waals surface area contributed by atoms with Crippen molar-refractivity contribution in [3.05, 3.63) is 120 Å². The Hall–Kier alpha value is -4.95. The number of rotatable bonds is 11. The minimum Gasteiger partial charge on any atom is -0.399 e. The predicted molar refractivity (Wildman–Crippen MR) is 162 cm³/mol. The highest BCUT2D eigenvalue weighted by atomic mass is 16.2. The van der Waals surface area contributed by atoms with Gasteiger partial charge in [0.1, 0.15) is 0 Å². The number of benzene rings is 3. The molecular weight excluding hydrogens is 500 g/mol. The second-order valence-electron chi connectivity index (χ2n) is 9.70. The summed E-state index contributed by atoms with van der Waals surface area (Å²) < 4.78 is 0. The van der Waals surface area contributed by atoms with Gasteiger partial charge in [0, 0.05) is 41.4 Å². The van der Waals surface area contributed by atoms with Gasteiger partial charge in [-0.15, -0.1) is 0 Å². The lowest BCUT2D eigenvalue weighted by molar-refractivity contribution is -0.111. The standard InChI is InChI=1S/C32H34N6O2/c1-38(2)18-6-11-31(39)35-28-14-12-25(13-15-28)32(40)36-29-21-24(20-27(33)22-29)8-4-3-7-23-9-5-10-26(19-23)30-16-17-34-37-30/h3-6,9-17,19-22H,7-8,18,33H2,1-2H3,(H,34,37)(H,35,39)(H,36,40)/b4-3+,11-6+. The van der Waals surface area contributed by atoms with E-state index in [1.54, 1.807) is 42.6 Å². The summed E-state index contributed by atoms with van der Waals surface area (Å²) >= 11 is 0. The highest BCUT2D eigenvalue weighted by Crippen LogP contribution is 2.20. The summed E-state index contributed by atoms with van der Waals surface area (Å²) in [5.74, 6) is -0.476. The van der Waals surface area contributed by atoms with Crippen LogP contribution < -0.4 is 16.4 Å². The van der Waals surface area contributed by atoms with E-state index in [0.29, 0.717) is 35.6 Å². The molecule has 4 aromatic rings. The third-order valence-corrected chi connectivity index (χ3v) is 6.04. The molecule has 0 saturated heterocycles. The molecule has 0 atom stereocenters. The van der Waals surface area contributed by atoms with Crippen LogP contribution in [0.2, 0.25) is 0 Å². The number of allylic oxidation sites excluding steroid dienone is 2. The van der Waals surface area contributed by atoms with Crippen molar-refractivity contribution in [2.24, 2.45) is 0 Å². The Balaban J connectivity index is 1.31. The molecule has 204 valence electrons. The Bertz CT molecular complexity index is 1490. The van der Waals surface area contributed by atoms with Crippen molar-refractivity contribution in [1.82, 2.24) is 15.1 Å². The van der Waals surface area contributed by atoms with E-state index in [1.807, 2.05) is 43.3 Å². The Labute approximate surface area is 234 Å². The first-order valence-corrected chi connectivity index (χ1v) is 13.0. The number of H-pyrrole nitrogens is 1. The van der Waals surface area contributed by atoms with Crippen molar-refractivity contribution in [2.45, 2.75) is 12.8 Å². The largest absolute Gasteiger partial charge is 0.399 e. The summed E-state index contributed by atoms with van der Waals surface area (Å²) in [7, 11) is 3.86. The van der Waals surface area contributed by atoms with Gasteiger partial charge in [-0.1, -0.05) is 36.4 Å². The molecule has 1 aromatic heterocycles. The Morgan fingerprint density at radius 2 is 1.65 bits per heavy atom. The van der Waals surface area contributed by atoms with Crippen LogP contribution in [0.1, 0.15) is 21.5 Å². The second kappa shape index (κ2) is 13.7. The number of amides is 2. The maximum atomic E-state index is 12.8. The Morgan fingerprint density at radius 3 is 2.38 bits per heavy atom. The van der Waals surface area contributed by atoms with Crippen molar-refractivity contribution < 1.29 is 9.59 Å². The van der Waals surface area contributed by atoms with Crippen LogP contribution >= 0.6 is 0 Å². The fourth-order valence-electron chi connectivity index (χ4n) is 4.09. The van der Waals surface area contributed by atoms with E-state index in [9.17, 15) is 9.59 Å². The van der Waals surface area contributed by atoms with Gasteiger partial charge in [-0.3, -0.25) is 14.7 Å². The summed E-state index contributed by atoms with van der Waals surface area (Å²) in [6.45, 7) is 0.677. The van der Waals surface area contributed by atoms with E-state index in [-0.39, 0.29) is 11.8 Å². The van der Waals surface area contributed by atoms with E-state index in [2.05, 4.69) is 51.2 Å². The molecule has 0 aliphatic rings. The minimum absolute atomic E-state index is 0.219. The zero-order chi connectivity index (χ0) is 28.3. The molecule has 8 nitrogen and oxygen atoms in total. The van der Waals surface area contributed by atoms with Crippen molar-refractivity contribution in [2.75, 3.05) is 37.0 Å². The van der Waals surface area contributed by atoms with Crippen LogP contribution in [-0.2, 0) is 17.6 Å². The van der Waals surface area contributed by atoms with E-state index < -0.39 is 0 Å². The molecule has 8 heteroatoms. The van der Waals surface area contributed by atoms with Gasteiger partial charge in [-0.25, -0.2) is 0 Å². The lowest BCUT2D eigenvalue weighted by Gasteiger charge is -2.09. The molecule has 0 bridgehead atoms. The number of nitrogen functional groups attached to an aromatic ring is 1. The highest BCUT2D eigenvalue weighted by molar-refractivity contribution is 6.05. The molecule has 4 rings (SSSR count). The smallest absolute Gasteiger partial charge is 0.255 e. The van der Waals surface area contributed by atoms with Crippen molar-refractivity contribution in [1.29, 1.82) is 0 Å². The highest BCUT2D eigenvalue weighted by Gasteiger charge is 2.08. The van der Waals surface area contributed by atoms with Gasteiger partial charge >= 0.3 is 0 Å². The molecule has 0 aliphatic heterocycles. The third kappa shape index (κ3) is 8.54. The second-order valence-corrected chi connectivity index (χ2v) is 9.70. The number of carbonyl (C=O) groups is 2. The monoisotopic (exact) mass is 534 g/mol. The van der Waals surface area contributed by atoms with E-state index in [4.69, 9.17) is 5.73 Å². The summed E-state index contributed by atoms with van der Waals surface area (Å²) in [4.78, 5) is 26.8. The fraction of sp³-hybridized carbons (Fsp3) is 0.156. The Kier molecular flexibility index (Phi) is 9.63. The number of likely N-dealkylation sites (N-methyl/N-ethyl adjacent to an activating group) is 1. The zero-order valence-electron chi connectivity index (χ0n) is 22.7. The summed E-state index contributed by atoms with van der Waals surface area (Å²) in [6.07, 6.45) is 10.7. The van der Waals surface area contributed by atoms with E-state index in [1.165, 1.54) is 11.6 Å². The number of anilines is 3. The molecule has 0 fully saturated rings. The number of hydrogen-bond acceptors (Lipinski definition) is 5.